The topological polar surface area (TPSA) is 393 Å². The Labute approximate surface area is 819 Å². The summed E-state index contributed by atoms with van der Waals surface area (Å²) in [6.45, 7) is 18.7. The molecule has 15 N–H and O–H groups in total. The predicted octanol–water partition coefficient (Wildman–Crippen LogP) is 10.7. The van der Waals surface area contributed by atoms with Crippen molar-refractivity contribution in [3.8, 4) is 0 Å². The second-order valence-electron chi connectivity index (χ2n) is 39.7. The van der Waals surface area contributed by atoms with Gasteiger partial charge in [0.05, 0.1) is 43.2 Å². The van der Waals surface area contributed by atoms with Crippen molar-refractivity contribution < 1.29 is 20.1 Å². The second kappa shape index (κ2) is 45.6. The smallest absolute Gasteiger partial charge is 0.246 e. The molecule has 2 aromatic heterocycles. The third-order valence-corrected chi connectivity index (χ3v) is 31.5. The van der Waals surface area contributed by atoms with Gasteiger partial charge >= 0.3 is 0 Å². The van der Waals surface area contributed by atoms with Gasteiger partial charge in [-0.05, 0) is 237 Å². The van der Waals surface area contributed by atoms with Gasteiger partial charge in [0, 0.05) is 203 Å². The molecule has 32 nitrogen and oxygen atoms in total. The summed E-state index contributed by atoms with van der Waals surface area (Å²) in [6.07, 6.45) is 24.2. The average Bonchev–Trinajstić information content (AvgIpc) is 1.77. The standard InChI is InChI=1S/C22H31ClN6.C20H28ClN5O.C19H27ClN6O.C19H26ClN5O.C18H25ClN6O/c23-17-5-3-16(4-6-17)12-20-14-28-9-1-2-19(28)15-29(20)18-7-10-27(11-8-18)22-13-21(24)25-26-22;1-20(27)12-17(10-14-2-4-15(21)5-3-14)26(13-20)16-6-8-25(9-7-16)19-11-18(22)23-24-19;1-27-17-11-16(10-13-2-4-14(20)5-3-13)26(12-17)15-6-8-25(9-7-15)19-22-18(21)23-24-19;20-14-3-1-13(2-4-14)9-16-10-17(26)12-25(16)15-5-7-24(8-6-15)19-11-18(21)22-23-19;19-13-3-1-12(2-4-13)9-15-10-16(26)11-25(15)14-5-7-24(8-6-14)18-21-17(20)22-23-18/h3-6,18-20H,1-2,7-15H2,(H2,24,25);2-5,16-17,27H,6-13H2,1H3,(H2,22,23);2-5,15-17H,6-12H2,1H3,(H3,21,22,23,24);1-4,15-17,26H,5-12H2,(H2,21,22);1-4,14-16,26H,5-11H2,(H3,20,21,22,23)/t19-,20-;17-,20?;16-,17+;16-,17-;15-,16+/m00000/s1. The van der Waals surface area contributed by atoms with Crippen molar-refractivity contribution >= 4 is 117 Å². The van der Waals surface area contributed by atoms with Crippen LogP contribution in [0.25, 0.3) is 0 Å². The van der Waals surface area contributed by atoms with Gasteiger partial charge in [-0.1, -0.05) is 119 Å². The number of ether oxygens (including phenoxy) is 1. The van der Waals surface area contributed by atoms with E-state index in [9.17, 15) is 15.3 Å². The summed E-state index contributed by atoms with van der Waals surface area (Å²) < 4.78 is 5.70. The number of benzene rings is 5. The van der Waals surface area contributed by atoms with Crippen molar-refractivity contribution in [1.82, 2.24) is 74.5 Å². The molecule has 14 aliphatic heterocycles. The van der Waals surface area contributed by atoms with Gasteiger partial charge in [0.1, 0.15) is 35.0 Å². The number of hydrogen-bond acceptors (Lipinski definition) is 30. The second-order valence-corrected chi connectivity index (χ2v) is 41.9. The summed E-state index contributed by atoms with van der Waals surface area (Å²) in [4.78, 5) is 35.7. The number of β-amino-alcohol motifs (C(OH)–C–C–N with tert-alkyl or cyclic N) is 3. The number of nitrogens with one attached hydrogen (secondary N) is 2. The van der Waals surface area contributed by atoms with Gasteiger partial charge in [0.2, 0.25) is 23.8 Å². The lowest BCUT2D eigenvalue weighted by Crippen LogP contribution is -2.61. The molecule has 5 aromatic carbocycles. The number of piperidine rings is 5. The van der Waals surface area contributed by atoms with Crippen LogP contribution in [0.3, 0.4) is 0 Å². The van der Waals surface area contributed by atoms with Gasteiger partial charge in [-0.3, -0.25) is 29.4 Å². The fraction of sp³-hybridized carbons (Fsp3) is 0.592. The molecule has 37 heteroatoms. The van der Waals surface area contributed by atoms with Crippen LogP contribution in [0.2, 0.25) is 25.1 Å². The highest BCUT2D eigenvalue weighted by Crippen LogP contribution is 2.39. The number of nitrogens with zero attached hydrogens (tertiary/aromatic N) is 21. The van der Waals surface area contributed by atoms with Crippen molar-refractivity contribution in [2.45, 2.75) is 251 Å². The van der Waals surface area contributed by atoms with E-state index in [1.807, 2.05) is 74.7 Å². The van der Waals surface area contributed by atoms with Gasteiger partial charge in [-0.15, -0.1) is 40.8 Å². The molecule has 10 atom stereocenters. The van der Waals surface area contributed by atoms with E-state index in [4.69, 9.17) is 91.4 Å². The molecule has 11 saturated heterocycles. The predicted molar refractivity (Wildman–Crippen MR) is 542 cm³/mol. The highest BCUT2D eigenvalue weighted by molar-refractivity contribution is 6.31. The van der Waals surface area contributed by atoms with E-state index >= 15 is 0 Å². The van der Waals surface area contributed by atoms with Crippen molar-refractivity contribution in [2.24, 2.45) is 47.8 Å². The van der Waals surface area contributed by atoms with Crippen LogP contribution in [0.5, 0.6) is 0 Å². The fourth-order valence-electron chi connectivity index (χ4n) is 23.4. The van der Waals surface area contributed by atoms with Gasteiger partial charge < -0.3 is 73.2 Å². The van der Waals surface area contributed by atoms with Crippen LogP contribution in [-0.4, -0.2) is 334 Å². The molecule has 7 aromatic rings. The monoisotopic (exact) mass is 1940 g/mol. The summed E-state index contributed by atoms with van der Waals surface area (Å²) in [6, 6.07) is 46.6. The molecular formula is C98H137Cl5N28O4. The van der Waals surface area contributed by atoms with Crippen LogP contribution in [0.1, 0.15) is 157 Å². The molecule has 11 fully saturated rings. The zero-order chi connectivity index (χ0) is 93.8. The number of fused-ring (bicyclic) bond motifs is 1. The SMILES string of the molecule is CC1(O)C[C@H](Cc2ccc(Cl)cc2)N(C2CCN(C3=NN=C(N)C3)CC2)C1.CO[C@@H]1C[C@H](Cc2ccc(Cl)cc2)N(C2CCN(c3n[nH]c(N)n3)CC2)C1.NC1=NN=C(N2CCC(N3C[C@@H](O)C[C@@H]3Cc3ccc(Cl)cc3)CC2)C1.NC1=NN=C(N2CCC(N3C[C@@H]4CCCN4C[C@@H]3Cc3ccc(Cl)cc3)CC2)C1.Nc1nc(N2CCC(N3C[C@H](O)C[C@@H]3Cc3ccc(Cl)cc3)CC2)n[nH]1. The normalized spacial score (nSPS) is 27.3. The van der Waals surface area contributed by atoms with Crippen LogP contribution < -0.4 is 38.5 Å². The number of likely N-dealkylation sites (tertiary alicyclic amines) is 7. The molecule has 0 spiro atoms. The first-order valence-corrected chi connectivity index (χ1v) is 50.9. The van der Waals surface area contributed by atoms with E-state index in [0.29, 0.717) is 127 Å². The maximum atomic E-state index is 10.7. The molecule has 728 valence electrons. The number of aromatic nitrogens is 6. The summed E-state index contributed by atoms with van der Waals surface area (Å²) in [7, 11) is 1.82. The number of rotatable bonds is 18. The van der Waals surface area contributed by atoms with Crippen molar-refractivity contribution in [3.05, 3.63) is 174 Å². The third kappa shape index (κ3) is 26.1. The zero-order valence-electron chi connectivity index (χ0n) is 78.0. The Balaban J connectivity index is 0.000000117. The molecule has 0 radical (unpaired) electrons. The number of aliphatic hydroxyl groups excluding tert-OH is 2. The molecule has 0 saturated carbocycles. The number of H-pyrrole nitrogens is 2. The number of piperazine rings is 1. The molecule has 16 heterocycles. The summed E-state index contributed by atoms with van der Waals surface area (Å²) in [5.41, 5.74) is 34.5. The number of nitrogen functional groups attached to an aromatic ring is 2. The van der Waals surface area contributed by atoms with Crippen molar-refractivity contribution in [2.75, 3.05) is 140 Å². The summed E-state index contributed by atoms with van der Waals surface area (Å²) in [5.74, 6) is 7.02. The highest BCUT2D eigenvalue weighted by Gasteiger charge is 2.47. The Bertz CT molecular complexity index is 5170. The molecule has 21 rings (SSSR count). The first-order chi connectivity index (χ1) is 65.3. The Morgan fingerprint density at radius 2 is 0.674 bits per heavy atom. The summed E-state index contributed by atoms with van der Waals surface area (Å²) >= 11 is 30.1. The number of aromatic amines is 2. The van der Waals surface area contributed by atoms with E-state index in [2.05, 4.69) is 176 Å². The number of amidine groups is 6. The lowest BCUT2D eigenvalue weighted by molar-refractivity contribution is 0.00450. The molecular weight excluding hydrogens is 1810 g/mol. The molecule has 0 aliphatic carbocycles. The molecule has 135 heavy (non-hydrogen) atoms. The van der Waals surface area contributed by atoms with Crippen LogP contribution in [-0.2, 0) is 36.8 Å². The van der Waals surface area contributed by atoms with Gasteiger partial charge in [0.15, 0.2) is 0 Å². The number of halogens is 5. The van der Waals surface area contributed by atoms with Crippen molar-refractivity contribution in [3.63, 3.8) is 0 Å². The lowest BCUT2D eigenvalue weighted by Gasteiger charge is -2.49. The lowest BCUT2D eigenvalue weighted by atomic mass is 9.94. The Morgan fingerprint density at radius 1 is 0.363 bits per heavy atom. The number of aliphatic hydroxyl groups is 3. The van der Waals surface area contributed by atoms with Crippen LogP contribution in [0, 0.1) is 0 Å². The van der Waals surface area contributed by atoms with Gasteiger partial charge in [0.25, 0.3) is 0 Å². The van der Waals surface area contributed by atoms with E-state index in [0.717, 1.165) is 249 Å². The fourth-order valence-corrected chi connectivity index (χ4v) is 24.1. The van der Waals surface area contributed by atoms with Crippen LogP contribution in [0.4, 0.5) is 23.8 Å². The van der Waals surface area contributed by atoms with Crippen LogP contribution >= 0.6 is 58.0 Å². The minimum Gasteiger partial charge on any atom is -0.392 e. The zero-order valence-corrected chi connectivity index (χ0v) is 81.8. The Hall–Kier alpha value is -8.55. The molecule has 0 amide bonds. The maximum absolute atomic E-state index is 10.7. The largest absolute Gasteiger partial charge is 0.392 e. The average molecular weight is 1950 g/mol. The number of hydrogen-bond donors (Lipinski definition) is 10. The number of anilines is 4. The molecule has 0 bridgehead atoms. The number of nitrogens with two attached hydrogens (primary N) is 5. The van der Waals surface area contributed by atoms with Crippen molar-refractivity contribution in [1.29, 1.82) is 0 Å². The molecule has 14 aliphatic rings. The van der Waals surface area contributed by atoms with Crippen LogP contribution in [0.15, 0.2) is 152 Å². The minimum absolute atomic E-state index is 0.224. The van der Waals surface area contributed by atoms with Gasteiger partial charge in [-0.2, -0.15) is 9.97 Å². The summed E-state index contributed by atoms with van der Waals surface area (Å²) in [5, 5.41) is 73.5. The Morgan fingerprint density at radius 3 is 1.00 bits per heavy atom. The van der Waals surface area contributed by atoms with E-state index in [1.165, 1.54) is 73.1 Å². The maximum Gasteiger partial charge on any atom is 0.246 e. The number of methoxy groups -OCH3 is 1. The quantitative estimate of drug-likeness (QED) is 0.0381. The first-order valence-electron chi connectivity index (χ1n) is 49.0. The van der Waals surface area contributed by atoms with E-state index < -0.39 is 5.60 Å². The third-order valence-electron chi connectivity index (χ3n) is 30.3. The van der Waals surface area contributed by atoms with E-state index in [1.54, 1.807) is 0 Å². The highest BCUT2D eigenvalue weighted by atomic mass is 35.5. The molecule has 1 unspecified atom stereocenters. The Kier molecular flexibility index (Phi) is 33.1. The van der Waals surface area contributed by atoms with E-state index in [-0.39, 0.29) is 12.2 Å². The minimum atomic E-state index is -0.619. The van der Waals surface area contributed by atoms with Gasteiger partial charge in [-0.25, -0.2) is 10.2 Å². The first kappa shape index (κ1) is 98.1.